The van der Waals surface area contributed by atoms with Crippen LogP contribution in [0.5, 0.6) is 0 Å². The molecule has 1 saturated carbocycles. The maximum Gasteiger partial charge on any atom is 0.241 e. The summed E-state index contributed by atoms with van der Waals surface area (Å²) >= 11 is 1.78. The number of thioether (sulfide) groups is 1. The number of carbonyl (C=O) groups excluding carboxylic acids is 1. The SMILES string of the molecule is N[C@H](C(=O)Nc1ccc(SCc2ccccc2)cc1)C1CC1. The first-order chi connectivity index (χ1) is 10.7. The average Bonchev–Trinajstić information content (AvgIpc) is 3.39. The zero-order chi connectivity index (χ0) is 15.4. The minimum atomic E-state index is -0.368. The van der Waals surface area contributed by atoms with E-state index in [1.54, 1.807) is 11.8 Å². The van der Waals surface area contributed by atoms with E-state index in [-0.39, 0.29) is 11.9 Å². The molecule has 4 heteroatoms. The van der Waals surface area contributed by atoms with E-state index in [9.17, 15) is 4.79 Å². The Kier molecular flexibility index (Phi) is 4.80. The monoisotopic (exact) mass is 312 g/mol. The van der Waals surface area contributed by atoms with Crippen molar-refractivity contribution in [1.29, 1.82) is 0 Å². The second kappa shape index (κ2) is 6.99. The highest BCUT2D eigenvalue weighted by Gasteiger charge is 2.33. The van der Waals surface area contributed by atoms with Crippen molar-refractivity contribution in [3.63, 3.8) is 0 Å². The summed E-state index contributed by atoms with van der Waals surface area (Å²) in [6, 6.07) is 18.0. The molecule has 1 aliphatic carbocycles. The molecule has 1 fully saturated rings. The third-order valence-electron chi connectivity index (χ3n) is 3.80. The van der Waals surface area contributed by atoms with Gasteiger partial charge in [0, 0.05) is 16.3 Å². The fourth-order valence-corrected chi connectivity index (χ4v) is 3.12. The summed E-state index contributed by atoms with van der Waals surface area (Å²) in [5.41, 5.74) is 8.01. The number of anilines is 1. The van der Waals surface area contributed by atoms with Crippen LogP contribution in [0.1, 0.15) is 18.4 Å². The van der Waals surface area contributed by atoms with Gasteiger partial charge in [-0.15, -0.1) is 11.8 Å². The van der Waals surface area contributed by atoms with Crippen LogP contribution in [0.15, 0.2) is 59.5 Å². The predicted octanol–water partition coefficient (Wildman–Crippen LogP) is 3.65. The Hall–Kier alpha value is -1.78. The van der Waals surface area contributed by atoms with Crippen molar-refractivity contribution in [2.24, 2.45) is 11.7 Å². The van der Waals surface area contributed by atoms with Crippen LogP contribution in [-0.2, 0) is 10.5 Å². The number of benzene rings is 2. The third-order valence-corrected chi connectivity index (χ3v) is 4.89. The Balaban J connectivity index is 1.52. The molecule has 3 rings (SSSR count). The molecule has 3 N–H and O–H groups in total. The van der Waals surface area contributed by atoms with E-state index in [1.807, 2.05) is 30.3 Å². The van der Waals surface area contributed by atoms with Gasteiger partial charge >= 0.3 is 0 Å². The molecular formula is C18H20N2OS. The molecular weight excluding hydrogens is 292 g/mol. The molecule has 0 aliphatic heterocycles. The van der Waals surface area contributed by atoms with Crippen molar-refractivity contribution in [3.05, 3.63) is 60.2 Å². The fourth-order valence-electron chi connectivity index (χ4n) is 2.27. The Labute approximate surface area is 135 Å². The second-order valence-electron chi connectivity index (χ2n) is 5.65. The van der Waals surface area contributed by atoms with Crippen molar-refractivity contribution in [3.8, 4) is 0 Å². The fraction of sp³-hybridized carbons (Fsp3) is 0.278. The van der Waals surface area contributed by atoms with E-state index in [2.05, 4.69) is 29.6 Å². The maximum absolute atomic E-state index is 11.9. The largest absolute Gasteiger partial charge is 0.325 e. The van der Waals surface area contributed by atoms with Gasteiger partial charge in [-0.05, 0) is 48.6 Å². The number of amides is 1. The Bertz CT molecular complexity index is 623. The topological polar surface area (TPSA) is 55.1 Å². The third kappa shape index (κ3) is 4.12. The minimum Gasteiger partial charge on any atom is -0.325 e. The molecule has 114 valence electrons. The van der Waals surface area contributed by atoms with E-state index in [0.29, 0.717) is 5.92 Å². The summed E-state index contributed by atoms with van der Waals surface area (Å²) < 4.78 is 0. The molecule has 0 saturated heterocycles. The van der Waals surface area contributed by atoms with E-state index < -0.39 is 0 Å². The van der Waals surface area contributed by atoms with Crippen LogP contribution < -0.4 is 11.1 Å². The highest BCUT2D eigenvalue weighted by Crippen LogP contribution is 2.32. The predicted molar refractivity (Wildman–Crippen MR) is 91.8 cm³/mol. The first-order valence-corrected chi connectivity index (χ1v) is 8.54. The smallest absolute Gasteiger partial charge is 0.241 e. The number of rotatable bonds is 6. The molecule has 1 amide bonds. The Morgan fingerprint density at radius 2 is 1.82 bits per heavy atom. The van der Waals surface area contributed by atoms with Crippen LogP contribution in [0, 0.1) is 5.92 Å². The van der Waals surface area contributed by atoms with Gasteiger partial charge in [-0.2, -0.15) is 0 Å². The van der Waals surface area contributed by atoms with Crippen molar-refractivity contribution in [2.75, 3.05) is 5.32 Å². The van der Waals surface area contributed by atoms with Gasteiger partial charge in [-0.25, -0.2) is 0 Å². The number of hydrogen-bond acceptors (Lipinski definition) is 3. The van der Waals surface area contributed by atoms with Gasteiger partial charge in [-0.3, -0.25) is 4.79 Å². The van der Waals surface area contributed by atoms with Crippen LogP contribution in [0.2, 0.25) is 0 Å². The standard InChI is InChI=1S/C18H20N2OS/c19-17(14-6-7-14)18(21)20-15-8-10-16(11-9-15)22-12-13-4-2-1-3-5-13/h1-5,8-11,14,17H,6-7,12,19H2,(H,20,21)/t17-/m0/s1. The lowest BCUT2D eigenvalue weighted by Crippen LogP contribution is -2.37. The van der Waals surface area contributed by atoms with Gasteiger partial charge in [0.25, 0.3) is 0 Å². The highest BCUT2D eigenvalue weighted by atomic mass is 32.2. The highest BCUT2D eigenvalue weighted by molar-refractivity contribution is 7.98. The Morgan fingerprint density at radius 3 is 2.45 bits per heavy atom. The molecule has 3 nitrogen and oxygen atoms in total. The summed E-state index contributed by atoms with van der Waals surface area (Å²) in [5, 5.41) is 2.89. The number of hydrogen-bond donors (Lipinski definition) is 2. The molecule has 1 atom stereocenters. The molecule has 2 aromatic rings. The average molecular weight is 312 g/mol. The van der Waals surface area contributed by atoms with Crippen LogP contribution in [0.4, 0.5) is 5.69 Å². The van der Waals surface area contributed by atoms with E-state index in [1.165, 1.54) is 10.5 Å². The van der Waals surface area contributed by atoms with E-state index in [0.717, 1.165) is 24.3 Å². The van der Waals surface area contributed by atoms with Crippen molar-refractivity contribution >= 4 is 23.4 Å². The molecule has 1 aliphatic rings. The van der Waals surface area contributed by atoms with Crippen molar-refractivity contribution in [2.45, 2.75) is 29.5 Å². The molecule has 0 unspecified atom stereocenters. The lowest BCUT2D eigenvalue weighted by molar-refractivity contribution is -0.117. The van der Waals surface area contributed by atoms with Crippen molar-refractivity contribution in [1.82, 2.24) is 0 Å². The number of nitrogens with one attached hydrogen (secondary N) is 1. The molecule has 2 aromatic carbocycles. The quantitative estimate of drug-likeness (QED) is 0.800. The van der Waals surface area contributed by atoms with Gasteiger partial charge in [-0.1, -0.05) is 30.3 Å². The second-order valence-corrected chi connectivity index (χ2v) is 6.70. The summed E-state index contributed by atoms with van der Waals surface area (Å²) in [4.78, 5) is 13.1. The molecule has 22 heavy (non-hydrogen) atoms. The summed E-state index contributed by atoms with van der Waals surface area (Å²) in [5.74, 6) is 1.24. The Morgan fingerprint density at radius 1 is 1.14 bits per heavy atom. The summed E-state index contributed by atoms with van der Waals surface area (Å²) in [6.07, 6.45) is 2.15. The van der Waals surface area contributed by atoms with Crippen LogP contribution >= 0.6 is 11.8 Å². The van der Waals surface area contributed by atoms with E-state index >= 15 is 0 Å². The lowest BCUT2D eigenvalue weighted by atomic mass is 10.2. The van der Waals surface area contributed by atoms with Gasteiger partial charge in [0.2, 0.25) is 5.91 Å². The molecule has 0 spiro atoms. The number of nitrogens with two attached hydrogens (primary N) is 1. The van der Waals surface area contributed by atoms with Crippen LogP contribution in [0.25, 0.3) is 0 Å². The van der Waals surface area contributed by atoms with Gasteiger partial charge in [0.1, 0.15) is 0 Å². The molecule has 0 bridgehead atoms. The van der Waals surface area contributed by atoms with Gasteiger partial charge in [0.05, 0.1) is 6.04 Å². The number of carbonyl (C=O) groups is 1. The van der Waals surface area contributed by atoms with Gasteiger partial charge < -0.3 is 11.1 Å². The lowest BCUT2D eigenvalue weighted by Gasteiger charge is -2.11. The zero-order valence-corrected chi connectivity index (χ0v) is 13.2. The summed E-state index contributed by atoms with van der Waals surface area (Å²) in [7, 11) is 0. The normalized spacial score (nSPS) is 15.3. The van der Waals surface area contributed by atoms with E-state index in [4.69, 9.17) is 5.73 Å². The molecule has 0 aromatic heterocycles. The molecule has 0 heterocycles. The zero-order valence-electron chi connectivity index (χ0n) is 12.4. The van der Waals surface area contributed by atoms with Crippen LogP contribution in [0.3, 0.4) is 0 Å². The maximum atomic E-state index is 11.9. The summed E-state index contributed by atoms with van der Waals surface area (Å²) in [6.45, 7) is 0. The first-order valence-electron chi connectivity index (χ1n) is 7.55. The minimum absolute atomic E-state index is 0.0767. The molecule has 0 radical (unpaired) electrons. The van der Waals surface area contributed by atoms with Crippen LogP contribution in [-0.4, -0.2) is 11.9 Å². The van der Waals surface area contributed by atoms with Crippen molar-refractivity contribution < 1.29 is 4.79 Å². The first kappa shape index (κ1) is 15.1. The van der Waals surface area contributed by atoms with Gasteiger partial charge in [0.15, 0.2) is 0 Å².